The third-order valence-electron chi connectivity index (χ3n) is 5.20. The minimum Gasteiger partial charge on any atom is -0.436 e. The summed E-state index contributed by atoms with van der Waals surface area (Å²) >= 11 is 0. The Morgan fingerprint density at radius 3 is 2.54 bits per heavy atom. The van der Waals surface area contributed by atoms with Crippen LogP contribution in [0.2, 0.25) is 0 Å². The van der Waals surface area contributed by atoms with Crippen molar-refractivity contribution in [3.05, 3.63) is 78.2 Å². The number of hydrogen-bond acceptors (Lipinski definition) is 7. The molecule has 5 rings (SSSR count). The highest BCUT2D eigenvalue weighted by molar-refractivity contribution is 6.03. The molecule has 2 N–H and O–H groups in total. The zero-order valence-electron chi connectivity index (χ0n) is 18.9. The number of imidazole rings is 2. The number of hydrogen-bond donors (Lipinski definition) is 2. The van der Waals surface area contributed by atoms with Crippen LogP contribution in [0.15, 0.2) is 53.6 Å². The van der Waals surface area contributed by atoms with Gasteiger partial charge < -0.3 is 19.6 Å². The Bertz CT molecular complexity index is 1600. The topological polar surface area (TPSA) is 132 Å². The van der Waals surface area contributed by atoms with E-state index in [0.717, 1.165) is 0 Å². The summed E-state index contributed by atoms with van der Waals surface area (Å²) in [7, 11) is 1.71. The number of benzene rings is 1. The number of nitrogens with one attached hydrogen (secondary N) is 2. The van der Waals surface area contributed by atoms with Gasteiger partial charge in [-0.25, -0.2) is 24.3 Å². The second-order valence-corrected chi connectivity index (χ2v) is 7.79. The van der Waals surface area contributed by atoms with Crippen molar-refractivity contribution in [3.63, 3.8) is 0 Å². The zero-order chi connectivity index (χ0) is 24.7. The van der Waals surface area contributed by atoms with Gasteiger partial charge in [-0.3, -0.25) is 14.0 Å². The average Bonchev–Trinajstić information content (AvgIpc) is 3.52. The summed E-state index contributed by atoms with van der Waals surface area (Å²) in [4.78, 5) is 41.7. The van der Waals surface area contributed by atoms with Gasteiger partial charge in [0.15, 0.2) is 11.7 Å². The number of aryl methyl sites for hydroxylation is 3. The van der Waals surface area contributed by atoms with Crippen LogP contribution in [-0.2, 0) is 7.05 Å². The van der Waals surface area contributed by atoms with Gasteiger partial charge in [0.05, 0.1) is 23.3 Å². The molecule has 0 aliphatic rings. The van der Waals surface area contributed by atoms with Gasteiger partial charge in [-0.1, -0.05) is 0 Å². The van der Waals surface area contributed by atoms with Gasteiger partial charge >= 0.3 is 0 Å². The molecule has 5 aromatic rings. The molecule has 4 heterocycles. The zero-order valence-corrected chi connectivity index (χ0v) is 18.9. The van der Waals surface area contributed by atoms with Crippen molar-refractivity contribution in [3.8, 4) is 11.3 Å². The largest absolute Gasteiger partial charge is 0.436 e. The summed E-state index contributed by atoms with van der Waals surface area (Å²) in [6.07, 6.45) is 7.82. The van der Waals surface area contributed by atoms with Crippen LogP contribution < -0.4 is 10.6 Å². The predicted octanol–water partition coefficient (Wildman–Crippen LogP) is 3.38. The Morgan fingerprint density at radius 2 is 1.83 bits per heavy atom. The standard InChI is InChI=1S/C23H19FN8O3/c1-12-19(35-13(2)27-12)21(33)28-14-4-5-17(24)16(8-14)18-11-32-10-15(9-26-23(32)30-18)29-22(34)20-25-6-7-31(20)3/h4-11H,1-3H3,(H,28,33)(H,29,34). The van der Waals surface area contributed by atoms with E-state index in [0.29, 0.717) is 34.4 Å². The SMILES string of the molecule is Cc1nc(C)c(C(=O)Nc2ccc(F)c(-c3cn4cc(NC(=O)c5nccn5C)cnc4n3)c2)o1. The molecule has 0 atom stereocenters. The highest BCUT2D eigenvalue weighted by Gasteiger charge is 2.18. The fraction of sp³-hybridized carbons (Fsp3) is 0.130. The lowest BCUT2D eigenvalue weighted by molar-refractivity contribution is 0.0991. The molecule has 0 radical (unpaired) electrons. The number of aromatic nitrogens is 6. The molecule has 0 bridgehead atoms. The molecule has 4 aromatic heterocycles. The van der Waals surface area contributed by atoms with E-state index >= 15 is 0 Å². The van der Waals surface area contributed by atoms with Crippen molar-refractivity contribution in [2.45, 2.75) is 13.8 Å². The molecule has 0 aliphatic heterocycles. The number of carbonyl (C=O) groups is 2. The van der Waals surface area contributed by atoms with E-state index in [1.54, 1.807) is 48.5 Å². The predicted molar refractivity (Wildman–Crippen MR) is 123 cm³/mol. The first-order valence-corrected chi connectivity index (χ1v) is 10.5. The fourth-order valence-corrected chi connectivity index (χ4v) is 3.58. The Morgan fingerprint density at radius 1 is 1.03 bits per heavy atom. The van der Waals surface area contributed by atoms with Gasteiger partial charge in [-0.15, -0.1) is 0 Å². The van der Waals surface area contributed by atoms with Gasteiger partial charge in [0, 0.05) is 50.0 Å². The Labute approximate surface area is 197 Å². The molecule has 0 fully saturated rings. The third kappa shape index (κ3) is 4.24. The molecule has 1 aromatic carbocycles. The minimum absolute atomic E-state index is 0.0884. The van der Waals surface area contributed by atoms with E-state index in [1.165, 1.54) is 30.6 Å². The summed E-state index contributed by atoms with van der Waals surface area (Å²) in [6.45, 7) is 3.31. The summed E-state index contributed by atoms with van der Waals surface area (Å²) in [5.41, 5.74) is 1.68. The molecule has 0 saturated heterocycles. The van der Waals surface area contributed by atoms with E-state index in [9.17, 15) is 14.0 Å². The fourth-order valence-electron chi connectivity index (χ4n) is 3.58. The number of fused-ring (bicyclic) bond motifs is 1. The number of carbonyl (C=O) groups excluding carboxylic acids is 2. The summed E-state index contributed by atoms with van der Waals surface area (Å²) in [6, 6.07) is 4.14. The molecular weight excluding hydrogens is 455 g/mol. The number of halogens is 1. The minimum atomic E-state index is -0.526. The van der Waals surface area contributed by atoms with Crippen molar-refractivity contribution >= 4 is 29.0 Å². The van der Waals surface area contributed by atoms with Crippen LogP contribution in [0, 0.1) is 19.7 Å². The van der Waals surface area contributed by atoms with Crippen molar-refractivity contribution in [1.29, 1.82) is 0 Å². The maximum Gasteiger partial charge on any atom is 0.293 e. The Hall–Kier alpha value is -4.87. The summed E-state index contributed by atoms with van der Waals surface area (Å²) in [5, 5.41) is 5.41. The number of anilines is 2. The first kappa shape index (κ1) is 21.9. The molecule has 0 aliphatic carbocycles. The smallest absolute Gasteiger partial charge is 0.293 e. The number of oxazole rings is 1. The van der Waals surface area contributed by atoms with Gasteiger partial charge in [-0.05, 0) is 25.1 Å². The quantitative estimate of drug-likeness (QED) is 0.399. The van der Waals surface area contributed by atoms with Gasteiger partial charge in [0.2, 0.25) is 11.5 Å². The number of nitrogens with zero attached hydrogens (tertiary/aromatic N) is 6. The summed E-state index contributed by atoms with van der Waals surface area (Å²) in [5.74, 6) is -0.410. The van der Waals surface area contributed by atoms with E-state index in [2.05, 4.69) is 30.6 Å². The lowest BCUT2D eigenvalue weighted by Crippen LogP contribution is -2.17. The molecule has 11 nitrogen and oxygen atoms in total. The van der Waals surface area contributed by atoms with Crippen LogP contribution in [-0.4, -0.2) is 40.7 Å². The molecule has 2 amide bonds. The summed E-state index contributed by atoms with van der Waals surface area (Å²) < 4.78 is 23.2. The second-order valence-electron chi connectivity index (χ2n) is 7.79. The van der Waals surface area contributed by atoms with Crippen molar-refractivity contribution in [1.82, 2.24) is 28.9 Å². The maximum absolute atomic E-state index is 14.7. The van der Waals surface area contributed by atoms with Crippen LogP contribution in [0.3, 0.4) is 0 Å². The molecule has 0 unspecified atom stereocenters. The van der Waals surface area contributed by atoms with E-state index in [-0.39, 0.29) is 17.1 Å². The van der Waals surface area contributed by atoms with Crippen LogP contribution >= 0.6 is 0 Å². The lowest BCUT2D eigenvalue weighted by Gasteiger charge is -2.06. The van der Waals surface area contributed by atoms with Crippen molar-refractivity contribution in [2.24, 2.45) is 7.05 Å². The second kappa shape index (κ2) is 8.48. The van der Waals surface area contributed by atoms with E-state index in [4.69, 9.17) is 4.42 Å². The van der Waals surface area contributed by atoms with Crippen LogP contribution in [0.1, 0.15) is 32.8 Å². The Kier molecular flexibility index (Phi) is 5.32. The van der Waals surface area contributed by atoms with Gasteiger partial charge in [0.1, 0.15) is 5.82 Å². The monoisotopic (exact) mass is 474 g/mol. The number of amides is 2. The van der Waals surface area contributed by atoms with Crippen molar-refractivity contribution in [2.75, 3.05) is 10.6 Å². The van der Waals surface area contributed by atoms with Crippen LogP contribution in [0.25, 0.3) is 17.0 Å². The van der Waals surface area contributed by atoms with Crippen LogP contribution in [0.5, 0.6) is 0 Å². The third-order valence-corrected chi connectivity index (χ3v) is 5.20. The molecule has 12 heteroatoms. The van der Waals surface area contributed by atoms with E-state index < -0.39 is 17.6 Å². The lowest BCUT2D eigenvalue weighted by atomic mass is 10.1. The van der Waals surface area contributed by atoms with Gasteiger partial charge in [-0.2, -0.15) is 0 Å². The molecule has 0 spiro atoms. The Balaban J connectivity index is 1.40. The van der Waals surface area contributed by atoms with Crippen LogP contribution in [0.4, 0.5) is 15.8 Å². The highest BCUT2D eigenvalue weighted by atomic mass is 19.1. The maximum atomic E-state index is 14.7. The molecule has 0 saturated carbocycles. The normalized spacial score (nSPS) is 11.1. The average molecular weight is 474 g/mol. The number of rotatable bonds is 5. The highest BCUT2D eigenvalue weighted by Crippen LogP contribution is 2.26. The first-order valence-electron chi connectivity index (χ1n) is 10.5. The molecule has 35 heavy (non-hydrogen) atoms. The molecular formula is C23H19FN8O3. The van der Waals surface area contributed by atoms with Crippen molar-refractivity contribution < 1.29 is 18.4 Å². The molecule has 176 valence electrons. The first-order chi connectivity index (χ1) is 16.8. The van der Waals surface area contributed by atoms with E-state index in [1.807, 2.05) is 0 Å². The van der Waals surface area contributed by atoms with Gasteiger partial charge in [0.25, 0.3) is 11.8 Å².